The average Bonchev–Trinajstić information content (AvgIpc) is 2.27. The van der Waals surface area contributed by atoms with Crippen LogP contribution in [-0.4, -0.2) is 23.7 Å². The van der Waals surface area contributed by atoms with Crippen LogP contribution in [0.15, 0.2) is 328 Å². The van der Waals surface area contributed by atoms with Crippen LogP contribution in [0.2, 0.25) is 0 Å². The van der Waals surface area contributed by atoms with Gasteiger partial charge in [0.2, 0.25) is 5.95 Å². The molecule has 4 heterocycles. The molecular weight excluding hydrogens is 1070 g/mol. The van der Waals surface area contributed by atoms with E-state index in [4.69, 9.17) is 9.97 Å². The first-order valence-corrected chi connectivity index (χ1v) is 29.8. The monoisotopic (exact) mass is 1130 g/mol. The lowest BCUT2D eigenvalue weighted by Crippen LogP contribution is -2.18. The molecule has 88 heavy (non-hydrogen) atoms. The van der Waals surface area contributed by atoms with Crippen LogP contribution in [0.4, 0.5) is 51.6 Å². The van der Waals surface area contributed by atoms with Gasteiger partial charge in [-0.2, -0.15) is 4.98 Å². The molecule has 13 aromatic carbocycles. The van der Waals surface area contributed by atoms with Gasteiger partial charge in [-0.05, 0) is 158 Å². The largest absolute Gasteiger partial charge is 0.310 e. The van der Waals surface area contributed by atoms with Gasteiger partial charge in [-0.25, -0.2) is 4.98 Å². The van der Waals surface area contributed by atoms with Crippen molar-refractivity contribution >= 4 is 128 Å². The fourth-order valence-electron chi connectivity index (χ4n) is 13.3. The number of fused-ring (bicyclic) bond motifs is 10. The zero-order valence-corrected chi connectivity index (χ0v) is 47.8. The van der Waals surface area contributed by atoms with E-state index >= 15 is 0 Å². The molecule has 0 N–H and O–H groups in total. The highest BCUT2D eigenvalue weighted by Crippen LogP contribution is 2.46. The Morgan fingerprint density at radius 3 is 1.07 bits per heavy atom. The average molecular weight is 1130 g/mol. The summed E-state index contributed by atoms with van der Waals surface area (Å²) in [5.74, 6) is 1.25. The first-order chi connectivity index (χ1) is 43.7. The second-order valence-corrected chi connectivity index (χ2v) is 22.2. The number of rotatable bonds is 12. The summed E-state index contributed by atoms with van der Waals surface area (Å²) in [7, 11) is 0. The lowest BCUT2D eigenvalue weighted by molar-refractivity contribution is 1.08. The third kappa shape index (κ3) is 8.37. The van der Waals surface area contributed by atoms with Crippen molar-refractivity contribution in [1.29, 1.82) is 0 Å². The summed E-state index contributed by atoms with van der Waals surface area (Å²) >= 11 is 0. The molecule has 0 fully saturated rings. The van der Waals surface area contributed by atoms with Crippen molar-refractivity contribution < 1.29 is 0 Å². The van der Waals surface area contributed by atoms with Gasteiger partial charge in [0.15, 0.2) is 5.82 Å². The maximum atomic E-state index is 5.96. The molecule has 0 radical (unpaired) electrons. The number of benzene rings is 13. The molecule has 0 atom stereocenters. The Labute approximate surface area is 508 Å². The quantitative estimate of drug-likeness (QED) is 0.122. The molecule has 17 rings (SSSR count). The highest BCUT2D eigenvalue weighted by Gasteiger charge is 2.27. The molecule has 0 aliphatic heterocycles. The maximum absolute atomic E-state index is 5.96. The SMILES string of the molecule is c1ccc(N(c2ccccc2)c2ccc3c4ccccc4n(-c4ccc5nc(N(c6ccccc6)c6ccc7c(c6)c6ccccc6n7-c6ccccc6)nc(N(c6ccccc6)c6ccc7c(c6)c6ccccc6n7-c6ccccc6)c5c4)c3c2)cc1. The van der Waals surface area contributed by atoms with Crippen LogP contribution in [0.5, 0.6) is 0 Å². The molecular formula is C80H54N8. The third-order valence-corrected chi connectivity index (χ3v) is 17.1. The van der Waals surface area contributed by atoms with Crippen LogP contribution < -0.4 is 14.7 Å². The van der Waals surface area contributed by atoms with Crippen molar-refractivity contribution in [3.8, 4) is 17.1 Å². The Hall–Kier alpha value is -12.0. The fraction of sp³-hybridized carbons (Fsp3) is 0. The van der Waals surface area contributed by atoms with E-state index in [1.54, 1.807) is 0 Å². The van der Waals surface area contributed by atoms with E-state index in [1.165, 1.54) is 0 Å². The normalized spacial score (nSPS) is 11.6. The molecule has 0 saturated carbocycles. The highest BCUT2D eigenvalue weighted by atomic mass is 15.3. The van der Waals surface area contributed by atoms with E-state index in [1.807, 2.05) is 0 Å². The maximum Gasteiger partial charge on any atom is 0.237 e. The summed E-state index contributed by atoms with van der Waals surface area (Å²) in [6.07, 6.45) is 0. The summed E-state index contributed by atoms with van der Waals surface area (Å²) in [4.78, 5) is 18.5. The molecule has 0 aliphatic rings. The van der Waals surface area contributed by atoms with E-state index in [-0.39, 0.29) is 0 Å². The van der Waals surface area contributed by atoms with Crippen molar-refractivity contribution in [3.05, 3.63) is 328 Å². The van der Waals surface area contributed by atoms with Gasteiger partial charge in [0, 0.05) is 94.6 Å². The smallest absolute Gasteiger partial charge is 0.237 e. The molecule has 0 aliphatic carbocycles. The van der Waals surface area contributed by atoms with Crippen LogP contribution in [0.1, 0.15) is 0 Å². The molecule has 17 aromatic rings. The topological polar surface area (TPSA) is 50.3 Å². The van der Waals surface area contributed by atoms with Crippen LogP contribution in [0.25, 0.3) is 93.4 Å². The lowest BCUT2D eigenvalue weighted by Gasteiger charge is -2.29. The number of hydrogen-bond acceptors (Lipinski definition) is 5. The molecule has 8 nitrogen and oxygen atoms in total. The first kappa shape index (κ1) is 50.5. The minimum atomic E-state index is 0.527. The van der Waals surface area contributed by atoms with E-state index in [0.29, 0.717) is 5.95 Å². The molecule has 0 amide bonds. The van der Waals surface area contributed by atoms with Gasteiger partial charge in [0.1, 0.15) is 0 Å². The van der Waals surface area contributed by atoms with Gasteiger partial charge >= 0.3 is 0 Å². The fourth-order valence-corrected chi connectivity index (χ4v) is 13.3. The first-order valence-electron chi connectivity index (χ1n) is 29.8. The Morgan fingerprint density at radius 2 is 0.568 bits per heavy atom. The Kier molecular flexibility index (Phi) is 12.0. The zero-order valence-electron chi connectivity index (χ0n) is 47.8. The van der Waals surface area contributed by atoms with Gasteiger partial charge in [-0.1, -0.05) is 170 Å². The minimum absolute atomic E-state index is 0.527. The molecule has 0 saturated heterocycles. The van der Waals surface area contributed by atoms with Crippen molar-refractivity contribution in [2.45, 2.75) is 0 Å². The Bertz CT molecular complexity index is 5410. The summed E-state index contributed by atoms with van der Waals surface area (Å²) in [5.41, 5.74) is 17.6. The third-order valence-electron chi connectivity index (χ3n) is 17.1. The van der Waals surface area contributed by atoms with Gasteiger partial charge in [0.25, 0.3) is 0 Å². The van der Waals surface area contributed by atoms with E-state index in [0.717, 1.165) is 139 Å². The second kappa shape index (κ2) is 21.0. The van der Waals surface area contributed by atoms with Crippen LogP contribution >= 0.6 is 0 Å². The predicted molar refractivity (Wildman–Crippen MR) is 367 cm³/mol. The molecule has 0 spiro atoms. The minimum Gasteiger partial charge on any atom is -0.310 e. The Balaban J connectivity index is 0.932. The van der Waals surface area contributed by atoms with E-state index in [9.17, 15) is 0 Å². The van der Waals surface area contributed by atoms with Gasteiger partial charge in [0.05, 0.1) is 38.6 Å². The number of nitrogens with zero attached hydrogens (tertiary/aromatic N) is 8. The van der Waals surface area contributed by atoms with Crippen LogP contribution in [-0.2, 0) is 0 Å². The second-order valence-electron chi connectivity index (χ2n) is 22.2. The van der Waals surface area contributed by atoms with E-state index in [2.05, 4.69) is 356 Å². The number of para-hydroxylation sites is 9. The lowest BCUT2D eigenvalue weighted by atomic mass is 10.1. The highest BCUT2D eigenvalue weighted by molar-refractivity contribution is 6.14. The number of aromatic nitrogens is 5. The van der Waals surface area contributed by atoms with Gasteiger partial charge in [-0.3, -0.25) is 9.80 Å². The summed E-state index contributed by atoms with van der Waals surface area (Å²) in [5, 5.41) is 7.78. The summed E-state index contributed by atoms with van der Waals surface area (Å²) in [6.45, 7) is 0. The van der Waals surface area contributed by atoms with Crippen molar-refractivity contribution in [3.63, 3.8) is 0 Å². The molecule has 414 valence electrons. The van der Waals surface area contributed by atoms with Crippen molar-refractivity contribution in [2.75, 3.05) is 14.7 Å². The predicted octanol–water partition coefficient (Wildman–Crippen LogP) is 21.3. The standard InChI is InChI=1S/C80H54N8/c1-7-25-55(26-8-1)83(56-27-9-2-10-28-56)64-43-47-68-65-37-19-22-40-73(65)88(78(68)54-64)63-44-48-72-71(53-63)79(84(57-29-11-3-12-30-57)61-45-49-76-69(51-61)66-38-20-23-41-74(66)86(76)59-33-15-5-16-34-59)82-80(81-72)85(58-31-13-4-14-32-58)62-46-50-77-70(52-62)67-39-21-24-42-75(67)87(77)60-35-17-6-18-36-60/h1-54H. The van der Waals surface area contributed by atoms with Gasteiger partial charge < -0.3 is 18.6 Å². The number of hydrogen-bond donors (Lipinski definition) is 0. The van der Waals surface area contributed by atoms with E-state index < -0.39 is 0 Å². The Morgan fingerprint density at radius 1 is 0.205 bits per heavy atom. The number of anilines is 9. The molecule has 8 heteroatoms. The van der Waals surface area contributed by atoms with Gasteiger partial charge in [-0.15, -0.1) is 0 Å². The van der Waals surface area contributed by atoms with Crippen LogP contribution in [0.3, 0.4) is 0 Å². The zero-order chi connectivity index (χ0) is 58.1. The molecule has 0 unspecified atom stereocenters. The van der Waals surface area contributed by atoms with Crippen LogP contribution in [0, 0.1) is 0 Å². The molecule has 4 aromatic heterocycles. The molecule has 0 bridgehead atoms. The summed E-state index contributed by atoms with van der Waals surface area (Å²) in [6, 6.07) is 117. The van der Waals surface area contributed by atoms with Crippen molar-refractivity contribution in [1.82, 2.24) is 23.7 Å². The summed E-state index contributed by atoms with van der Waals surface area (Å²) < 4.78 is 7.14. The van der Waals surface area contributed by atoms with Crippen molar-refractivity contribution in [2.24, 2.45) is 0 Å².